The van der Waals surface area contributed by atoms with Gasteiger partial charge in [-0.25, -0.2) is 9.37 Å². The predicted octanol–water partition coefficient (Wildman–Crippen LogP) is 14.9. The SMILES string of the molecule is [2H]C(C)(C)c1ccccc1-c1cc(Oc2[c-]c3c(cc2)c2ccccc2n3-c2cc(C(C)(C)C)ccn2)[c-]c(N2[CH-]N(c3ccccc3-c3ccc(F)cc3)c3ccccc32)c1.[Pt]. The van der Waals surface area contributed by atoms with Crippen molar-refractivity contribution in [3.05, 3.63) is 200 Å². The maximum absolute atomic E-state index is 14.1. The van der Waals surface area contributed by atoms with E-state index in [2.05, 4.69) is 133 Å². The van der Waals surface area contributed by atoms with Crippen molar-refractivity contribution in [2.75, 3.05) is 9.80 Å². The first-order valence-corrected chi connectivity index (χ1v) is 20.6. The van der Waals surface area contributed by atoms with Crippen LogP contribution in [0.25, 0.3) is 49.9 Å². The second-order valence-corrected chi connectivity index (χ2v) is 16.7. The van der Waals surface area contributed by atoms with Gasteiger partial charge in [-0.05, 0) is 87.5 Å². The van der Waals surface area contributed by atoms with E-state index in [1.807, 2.05) is 86.8 Å². The molecule has 3 heterocycles. The normalized spacial score (nSPS) is 13.0. The number of fused-ring (bicyclic) bond motifs is 4. The summed E-state index contributed by atoms with van der Waals surface area (Å²) < 4.78 is 32.2. The zero-order valence-electron chi connectivity index (χ0n) is 36.1. The van der Waals surface area contributed by atoms with Gasteiger partial charge in [-0.15, -0.1) is 53.6 Å². The van der Waals surface area contributed by atoms with E-state index >= 15 is 0 Å². The Hall–Kier alpha value is -6.49. The van der Waals surface area contributed by atoms with E-state index in [1.165, 1.54) is 17.7 Å². The molecule has 0 unspecified atom stereocenters. The Bertz CT molecular complexity index is 3150. The molecule has 62 heavy (non-hydrogen) atoms. The number of pyridine rings is 1. The molecule has 0 fully saturated rings. The maximum atomic E-state index is 14.1. The van der Waals surface area contributed by atoms with E-state index in [0.717, 1.165) is 78.2 Å². The molecule has 9 aromatic rings. The van der Waals surface area contributed by atoms with Gasteiger partial charge in [0.2, 0.25) is 0 Å². The Morgan fingerprint density at radius 1 is 0.661 bits per heavy atom. The molecule has 0 saturated carbocycles. The zero-order valence-corrected chi connectivity index (χ0v) is 37.3. The number of para-hydroxylation sites is 4. The molecule has 2 aromatic heterocycles. The maximum Gasteiger partial charge on any atom is 0.135 e. The largest absolute Gasteiger partial charge is 0.509 e. The second-order valence-electron chi connectivity index (χ2n) is 16.7. The number of rotatable bonds is 8. The van der Waals surface area contributed by atoms with Crippen molar-refractivity contribution in [2.45, 2.75) is 45.9 Å². The smallest absolute Gasteiger partial charge is 0.135 e. The number of halogens is 1. The number of benzene rings is 7. The average molecular weight is 992 g/mol. The van der Waals surface area contributed by atoms with Gasteiger partial charge in [-0.1, -0.05) is 125 Å². The summed E-state index contributed by atoms with van der Waals surface area (Å²) in [4.78, 5) is 9.15. The van der Waals surface area contributed by atoms with Crippen LogP contribution in [-0.4, -0.2) is 9.55 Å². The van der Waals surface area contributed by atoms with Crippen LogP contribution < -0.4 is 14.5 Å². The van der Waals surface area contributed by atoms with Crippen molar-refractivity contribution < 1.29 is 31.6 Å². The van der Waals surface area contributed by atoms with Crippen molar-refractivity contribution in [3.8, 4) is 39.6 Å². The molecular weight excluding hydrogens is 947 g/mol. The standard InChI is InChI=1S/C55H44FN4O.Pt/c1-36(2)44-14-6-7-15-45(44)38-30-41(58-35-59(52-21-13-12-20-51(52)58)49-18-10-8-16-46(49)37-22-24-40(56)25-23-37)33-43(31-38)61-42-26-27-48-47-17-9-11-19-50(47)60(53(48)34-42)54-32-39(28-29-57-54)55(3,4)5;/h6-32,35-36H,1-5H3;/q-3;/i36D;. The summed E-state index contributed by atoms with van der Waals surface area (Å²) in [7, 11) is 0. The van der Waals surface area contributed by atoms with E-state index in [-0.39, 0.29) is 32.3 Å². The summed E-state index contributed by atoms with van der Waals surface area (Å²) in [6.45, 7) is 12.5. The van der Waals surface area contributed by atoms with Crippen molar-refractivity contribution in [3.63, 3.8) is 0 Å². The van der Waals surface area contributed by atoms with E-state index in [1.54, 1.807) is 0 Å². The number of anilines is 4. The summed E-state index contributed by atoms with van der Waals surface area (Å²) >= 11 is 0. The molecular formula is C55H44FN4OPt-3. The number of hydrogen-bond acceptors (Lipinski definition) is 4. The van der Waals surface area contributed by atoms with E-state index in [4.69, 9.17) is 11.1 Å². The first-order chi connectivity index (χ1) is 29.9. The fourth-order valence-corrected chi connectivity index (χ4v) is 8.39. The first kappa shape index (κ1) is 39.6. The van der Waals surface area contributed by atoms with Crippen LogP contribution in [0.1, 0.15) is 53.0 Å². The second kappa shape index (κ2) is 16.4. The minimum absolute atomic E-state index is 0. The number of hydrogen-bond donors (Lipinski definition) is 0. The fourth-order valence-electron chi connectivity index (χ4n) is 8.39. The molecule has 0 bridgehead atoms. The third kappa shape index (κ3) is 7.47. The number of ether oxygens (including phenoxy) is 1. The fraction of sp³-hybridized carbons (Fsp3) is 0.127. The minimum atomic E-state index is -0.866. The van der Waals surface area contributed by atoms with Crippen LogP contribution in [0, 0.1) is 24.6 Å². The molecule has 0 aliphatic carbocycles. The van der Waals surface area contributed by atoms with E-state index < -0.39 is 5.89 Å². The third-order valence-corrected chi connectivity index (χ3v) is 11.4. The van der Waals surface area contributed by atoms with E-state index in [0.29, 0.717) is 11.5 Å². The molecule has 10 rings (SSSR count). The van der Waals surface area contributed by atoms with Crippen LogP contribution in [0.4, 0.5) is 27.1 Å². The Balaban J connectivity index is 0.00000504. The summed E-state index contributed by atoms with van der Waals surface area (Å²) in [6, 6.07) is 59.2. The molecule has 1 aliphatic heterocycles. The van der Waals surface area contributed by atoms with Gasteiger partial charge >= 0.3 is 0 Å². The molecule has 0 saturated heterocycles. The van der Waals surface area contributed by atoms with Gasteiger partial charge in [-0.2, -0.15) is 6.07 Å². The van der Waals surface area contributed by atoms with Crippen LogP contribution in [0.15, 0.2) is 164 Å². The third-order valence-electron chi connectivity index (χ3n) is 11.4. The van der Waals surface area contributed by atoms with Crippen molar-refractivity contribution in [1.29, 1.82) is 0 Å². The monoisotopic (exact) mass is 991 g/mol. The molecule has 1 aliphatic rings. The predicted molar refractivity (Wildman–Crippen MR) is 248 cm³/mol. The number of nitrogens with zero attached hydrogens (tertiary/aromatic N) is 4. The topological polar surface area (TPSA) is 33.5 Å². The molecule has 0 atom stereocenters. The quantitative estimate of drug-likeness (QED) is 0.142. The van der Waals surface area contributed by atoms with Gasteiger partial charge < -0.3 is 19.1 Å². The van der Waals surface area contributed by atoms with E-state index in [9.17, 15) is 4.39 Å². The minimum Gasteiger partial charge on any atom is -0.509 e. The Morgan fingerprint density at radius 3 is 2.10 bits per heavy atom. The molecule has 7 heteroatoms. The summed E-state index contributed by atoms with van der Waals surface area (Å²) in [5.74, 6) is 0.702. The van der Waals surface area contributed by atoms with Crippen LogP contribution in [0.2, 0.25) is 0 Å². The molecule has 5 nitrogen and oxygen atoms in total. The van der Waals surface area contributed by atoms with Crippen LogP contribution in [0.3, 0.4) is 0 Å². The van der Waals surface area contributed by atoms with Crippen molar-refractivity contribution in [2.24, 2.45) is 0 Å². The molecule has 310 valence electrons. The van der Waals surface area contributed by atoms with Crippen molar-refractivity contribution >= 4 is 44.6 Å². The van der Waals surface area contributed by atoms with Crippen LogP contribution in [-0.2, 0) is 26.5 Å². The Labute approximate surface area is 378 Å². The molecule has 0 spiro atoms. The van der Waals surface area contributed by atoms with Gasteiger partial charge in [0.05, 0.1) is 0 Å². The Kier molecular flexibility index (Phi) is 10.5. The van der Waals surface area contributed by atoms with Crippen LogP contribution >= 0.6 is 0 Å². The van der Waals surface area contributed by atoms with Crippen molar-refractivity contribution in [1.82, 2.24) is 9.55 Å². The summed E-state index contributed by atoms with van der Waals surface area (Å²) in [5.41, 5.74) is 11.3. The van der Waals surface area contributed by atoms with Crippen LogP contribution in [0.5, 0.6) is 11.5 Å². The summed E-state index contributed by atoms with van der Waals surface area (Å²) in [5, 5.41) is 2.15. The van der Waals surface area contributed by atoms with Gasteiger partial charge in [0, 0.05) is 68.3 Å². The first-order valence-electron chi connectivity index (χ1n) is 21.1. The van der Waals surface area contributed by atoms with Gasteiger partial charge in [-0.3, -0.25) is 0 Å². The molecule has 0 radical (unpaired) electrons. The number of aromatic nitrogens is 2. The zero-order chi connectivity index (χ0) is 42.8. The molecule has 7 aromatic carbocycles. The van der Waals surface area contributed by atoms with Gasteiger partial charge in [0.25, 0.3) is 0 Å². The van der Waals surface area contributed by atoms with Gasteiger partial charge in [0.1, 0.15) is 11.6 Å². The summed E-state index contributed by atoms with van der Waals surface area (Å²) in [6.07, 6.45) is 1.88. The molecule has 0 N–H and O–H groups in total. The average Bonchev–Trinajstić information content (AvgIpc) is 3.82. The molecule has 0 amide bonds. The van der Waals surface area contributed by atoms with Gasteiger partial charge in [0.15, 0.2) is 0 Å². The Morgan fingerprint density at radius 2 is 1.34 bits per heavy atom.